The minimum atomic E-state index is -1.44. The monoisotopic (exact) mass is 538 g/mol. The van der Waals surface area contributed by atoms with Crippen LogP contribution in [-0.4, -0.2) is 83.0 Å². The molecule has 11 nitrogen and oxygen atoms in total. The molecule has 2 rings (SSSR count). The van der Waals surface area contributed by atoms with E-state index in [0.29, 0.717) is 18.9 Å². The van der Waals surface area contributed by atoms with Crippen LogP contribution in [-0.2, 0) is 24.0 Å². The Bertz CT molecular complexity index is 792. The van der Waals surface area contributed by atoms with Crippen LogP contribution in [0.1, 0.15) is 90.4 Å². The molecule has 0 spiro atoms. The number of carbonyl (C=O) groups is 5. The molecular formula is C27H46N4O7. The fraction of sp³-hybridized carbons (Fsp3) is 0.815. The summed E-state index contributed by atoms with van der Waals surface area (Å²) in [5, 5.41) is 27.1. The van der Waals surface area contributed by atoms with E-state index in [1.165, 1.54) is 4.90 Å². The molecule has 11 heteroatoms. The van der Waals surface area contributed by atoms with Crippen LogP contribution in [0.4, 0.5) is 0 Å². The fourth-order valence-electron chi connectivity index (χ4n) is 5.47. The number of nitrogens with one attached hydrogen (secondary N) is 3. The van der Waals surface area contributed by atoms with Crippen LogP contribution < -0.4 is 16.0 Å². The van der Waals surface area contributed by atoms with E-state index in [9.17, 15) is 34.2 Å². The number of carboxylic acid groups (broad SMARTS) is 2. The van der Waals surface area contributed by atoms with Crippen molar-refractivity contribution in [2.24, 2.45) is 11.8 Å². The zero-order chi connectivity index (χ0) is 27.9. The van der Waals surface area contributed by atoms with Crippen molar-refractivity contribution in [3.8, 4) is 0 Å². The van der Waals surface area contributed by atoms with Crippen LogP contribution in [0.5, 0.6) is 0 Å². The summed E-state index contributed by atoms with van der Waals surface area (Å²) in [7, 11) is 0. The highest BCUT2D eigenvalue weighted by atomic mass is 16.4. The van der Waals surface area contributed by atoms with Gasteiger partial charge in [0.25, 0.3) is 0 Å². The second-order valence-electron chi connectivity index (χ2n) is 10.7. The number of likely N-dealkylation sites (N-methyl/N-ethyl adjacent to an activating group) is 1. The Balaban J connectivity index is 1.89. The second kappa shape index (κ2) is 17.0. The number of aliphatic carboxylic acids is 2. The van der Waals surface area contributed by atoms with E-state index in [-0.39, 0.29) is 24.8 Å². The maximum atomic E-state index is 12.9. The van der Waals surface area contributed by atoms with Gasteiger partial charge in [0.15, 0.2) is 0 Å². The van der Waals surface area contributed by atoms with Gasteiger partial charge in [0.2, 0.25) is 17.7 Å². The minimum Gasteiger partial charge on any atom is -0.481 e. The third kappa shape index (κ3) is 11.8. The molecular weight excluding hydrogens is 492 g/mol. The summed E-state index contributed by atoms with van der Waals surface area (Å²) >= 11 is 0. The number of rotatable bonds is 15. The Morgan fingerprint density at radius 2 is 1.55 bits per heavy atom. The summed E-state index contributed by atoms with van der Waals surface area (Å²) in [5.74, 6) is -3.38. The van der Waals surface area contributed by atoms with Crippen molar-refractivity contribution < 1.29 is 34.2 Å². The lowest BCUT2D eigenvalue weighted by Crippen LogP contribution is -2.54. The zero-order valence-corrected chi connectivity index (χ0v) is 22.7. The van der Waals surface area contributed by atoms with Gasteiger partial charge in [-0.05, 0) is 64.0 Å². The molecule has 216 valence electrons. The Morgan fingerprint density at radius 1 is 0.895 bits per heavy atom. The Kier molecular flexibility index (Phi) is 14.1. The van der Waals surface area contributed by atoms with Crippen molar-refractivity contribution in [2.45, 2.75) is 102 Å². The fourth-order valence-corrected chi connectivity index (χ4v) is 5.47. The predicted octanol–water partition coefficient (Wildman–Crippen LogP) is 1.89. The molecule has 5 N–H and O–H groups in total. The molecule has 2 aliphatic rings. The molecule has 0 radical (unpaired) electrons. The van der Waals surface area contributed by atoms with E-state index in [1.807, 2.05) is 0 Å². The van der Waals surface area contributed by atoms with Crippen molar-refractivity contribution in [3.05, 3.63) is 0 Å². The van der Waals surface area contributed by atoms with Gasteiger partial charge in [-0.25, -0.2) is 4.79 Å². The predicted molar refractivity (Wildman–Crippen MR) is 141 cm³/mol. The maximum Gasteiger partial charge on any atom is 0.326 e. The standard InChI is InChI=1S/C27H46N4O7/c1-2-31(24(33)11-7-10-19-12-14-28-15-13-19)18-23(32)29-21(17-25(34)35)26(36)30-22(27(37)38)16-20-8-5-3-4-6-9-20/h19-22,28H,2-18H2,1H3,(H,29,32)(H,30,36)(H,34,35)(H,37,38)/t21-,22+/m0/s1. The number of piperidine rings is 1. The lowest BCUT2D eigenvalue weighted by atomic mass is 9.92. The first-order valence-electron chi connectivity index (χ1n) is 14.2. The zero-order valence-electron chi connectivity index (χ0n) is 22.7. The summed E-state index contributed by atoms with van der Waals surface area (Å²) in [6.45, 7) is 3.76. The molecule has 1 saturated heterocycles. The summed E-state index contributed by atoms with van der Waals surface area (Å²) in [6.07, 6.45) is 9.87. The lowest BCUT2D eigenvalue weighted by Gasteiger charge is -2.25. The number of amides is 3. The van der Waals surface area contributed by atoms with Gasteiger partial charge in [-0.15, -0.1) is 0 Å². The van der Waals surface area contributed by atoms with Crippen LogP contribution in [0.3, 0.4) is 0 Å². The van der Waals surface area contributed by atoms with E-state index >= 15 is 0 Å². The van der Waals surface area contributed by atoms with Gasteiger partial charge in [0, 0.05) is 13.0 Å². The first-order valence-corrected chi connectivity index (χ1v) is 14.2. The maximum absolute atomic E-state index is 12.9. The third-order valence-electron chi connectivity index (χ3n) is 7.72. The SMILES string of the molecule is CCN(CC(=O)N[C@@H](CC(=O)O)C(=O)N[C@H](CC1CCCCCC1)C(=O)O)C(=O)CCCC1CCNCC1. The van der Waals surface area contributed by atoms with Crippen molar-refractivity contribution in [3.63, 3.8) is 0 Å². The van der Waals surface area contributed by atoms with Crippen molar-refractivity contribution in [2.75, 3.05) is 26.2 Å². The Hall–Kier alpha value is -2.69. The molecule has 2 fully saturated rings. The molecule has 1 saturated carbocycles. The van der Waals surface area contributed by atoms with E-state index < -0.39 is 42.3 Å². The molecule has 38 heavy (non-hydrogen) atoms. The summed E-state index contributed by atoms with van der Waals surface area (Å²) in [6, 6.07) is -2.60. The highest BCUT2D eigenvalue weighted by molar-refractivity contribution is 5.94. The summed E-state index contributed by atoms with van der Waals surface area (Å²) < 4.78 is 0. The van der Waals surface area contributed by atoms with Crippen molar-refractivity contribution in [1.82, 2.24) is 20.9 Å². The molecule has 0 aromatic carbocycles. The summed E-state index contributed by atoms with van der Waals surface area (Å²) in [4.78, 5) is 62.9. The molecule has 2 atom stereocenters. The largest absolute Gasteiger partial charge is 0.481 e. The van der Waals surface area contributed by atoms with Gasteiger partial charge >= 0.3 is 11.9 Å². The number of carbonyl (C=O) groups excluding carboxylic acids is 3. The molecule has 0 bridgehead atoms. The number of nitrogens with zero attached hydrogens (tertiary/aromatic N) is 1. The van der Waals surface area contributed by atoms with Crippen LogP contribution in [0, 0.1) is 11.8 Å². The molecule has 1 aliphatic heterocycles. The first kappa shape index (κ1) is 31.5. The highest BCUT2D eigenvalue weighted by Crippen LogP contribution is 2.26. The van der Waals surface area contributed by atoms with Gasteiger partial charge in [0.05, 0.1) is 13.0 Å². The smallest absolute Gasteiger partial charge is 0.326 e. The van der Waals surface area contributed by atoms with Crippen LogP contribution in [0.15, 0.2) is 0 Å². The molecule has 0 unspecified atom stereocenters. The average molecular weight is 539 g/mol. The molecule has 3 amide bonds. The van der Waals surface area contributed by atoms with Crippen LogP contribution in [0.25, 0.3) is 0 Å². The van der Waals surface area contributed by atoms with E-state index in [0.717, 1.165) is 77.3 Å². The molecule has 1 heterocycles. The van der Waals surface area contributed by atoms with Gasteiger partial charge < -0.3 is 31.1 Å². The molecule has 1 aliphatic carbocycles. The van der Waals surface area contributed by atoms with E-state index in [4.69, 9.17) is 0 Å². The number of hydrogen-bond acceptors (Lipinski definition) is 6. The average Bonchev–Trinajstić information content (AvgIpc) is 3.15. The highest BCUT2D eigenvalue weighted by Gasteiger charge is 2.30. The van der Waals surface area contributed by atoms with Gasteiger partial charge in [-0.1, -0.05) is 38.5 Å². The van der Waals surface area contributed by atoms with Crippen molar-refractivity contribution >= 4 is 29.7 Å². The van der Waals surface area contributed by atoms with E-state index in [1.54, 1.807) is 6.92 Å². The van der Waals surface area contributed by atoms with Crippen LogP contribution in [0.2, 0.25) is 0 Å². The quantitative estimate of drug-likeness (QED) is 0.197. The van der Waals surface area contributed by atoms with Crippen LogP contribution >= 0.6 is 0 Å². The minimum absolute atomic E-state index is 0.162. The van der Waals surface area contributed by atoms with Gasteiger partial charge in [0.1, 0.15) is 12.1 Å². The first-order chi connectivity index (χ1) is 18.2. The van der Waals surface area contributed by atoms with E-state index in [2.05, 4.69) is 16.0 Å². The molecule has 0 aromatic heterocycles. The second-order valence-corrected chi connectivity index (χ2v) is 10.7. The van der Waals surface area contributed by atoms with Gasteiger partial charge in [-0.2, -0.15) is 0 Å². The Labute approximate surface area is 225 Å². The topological polar surface area (TPSA) is 165 Å². The molecule has 0 aromatic rings. The normalized spacial score (nSPS) is 18.6. The summed E-state index contributed by atoms with van der Waals surface area (Å²) in [5.41, 5.74) is 0. The number of carboxylic acids is 2. The number of hydrogen-bond donors (Lipinski definition) is 5. The van der Waals surface area contributed by atoms with Crippen molar-refractivity contribution in [1.29, 1.82) is 0 Å². The van der Waals surface area contributed by atoms with Gasteiger partial charge in [-0.3, -0.25) is 19.2 Å². The third-order valence-corrected chi connectivity index (χ3v) is 7.72. The Morgan fingerprint density at radius 3 is 2.13 bits per heavy atom. The lowest BCUT2D eigenvalue weighted by molar-refractivity contribution is -0.144.